The highest BCUT2D eigenvalue weighted by molar-refractivity contribution is 7.43. The van der Waals surface area contributed by atoms with Gasteiger partial charge in [0.1, 0.15) is 0 Å². The highest BCUT2D eigenvalue weighted by Crippen LogP contribution is 2.41. The Balaban J connectivity index is 4.52. The van der Waals surface area contributed by atoms with E-state index in [1.807, 2.05) is 0 Å². The fourth-order valence-corrected chi connectivity index (χ4v) is 1.11. The van der Waals surface area contributed by atoms with Gasteiger partial charge in [-0.1, -0.05) is 19.7 Å². The van der Waals surface area contributed by atoms with Crippen LogP contribution in [-0.2, 0) is 27.8 Å². The molecule has 0 rings (SSSR count). The molecule has 0 heterocycles. The van der Waals surface area contributed by atoms with Crippen LogP contribution in [0.2, 0.25) is 0 Å². The summed E-state index contributed by atoms with van der Waals surface area (Å²) < 4.78 is 25.5. The molecule has 10 heteroatoms. The molecule has 0 bridgehead atoms. The van der Waals surface area contributed by atoms with Crippen molar-refractivity contribution in [3.05, 3.63) is 38.5 Å². The van der Waals surface area contributed by atoms with E-state index in [4.69, 9.17) is 0 Å². The fourth-order valence-electron chi connectivity index (χ4n) is 0.507. The highest BCUT2D eigenvalue weighted by atomic mass is 31.2. The minimum Gasteiger partial charge on any atom is -0.403 e. The number of carbonyl (C=O) groups excluding carboxylic acids is 3. The van der Waals surface area contributed by atoms with Gasteiger partial charge in [0.25, 0.3) is 0 Å². The maximum atomic E-state index is 10.9. The Morgan fingerprint density at radius 2 is 0.947 bits per heavy atom. The van der Waals surface area contributed by atoms with Crippen molar-refractivity contribution >= 4 is 27.1 Å². The zero-order valence-corrected chi connectivity index (χ0v) is 10.4. The SMILES string of the molecule is C=COC(=O)OP(OC(=O)OC=C)OC(=O)OC=C. The molecule has 0 N–H and O–H groups in total. The average molecular weight is 292 g/mol. The van der Waals surface area contributed by atoms with Gasteiger partial charge in [0, 0.05) is 0 Å². The van der Waals surface area contributed by atoms with Crippen molar-refractivity contribution in [2.45, 2.75) is 0 Å². The van der Waals surface area contributed by atoms with Crippen LogP contribution in [0.3, 0.4) is 0 Å². The second-order valence-corrected chi connectivity index (χ2v) is 3.10. The van der Waals surface area contributed by atoms with Gasteiger partial charge in [0.2, 0.25) is 0 Å². The Morgan fingerprint density at radius 1 is 0.684 bits per heavy atom. The van der Waals surface area contributed by atoms with Gasteiger partial charge < -0.3 is 27.8 Å². The third-order valence-electron chi connectivity index (χ3n) is 0.986. The van der Waals surface area contributed by atoms with E-state index in [2.05, 4.69) is 47.5 Å². The van der Waals surface area contributed by atoms with Crippen molar-refractivity contribution in [3.63, 3.8) is 0 Å². The van der Waals surface area contributed by atoms with Crippen molar-refractivity contribution in [2.75, 3.05) is 0 Å². The predicted octanol–water partition coefficient (Wildman–Crippen LogP) is 3.10. The Hall–Kier alpha value is -2.54. The molecule has 19 heavy (non-hydrogen) atoms. The molecule has 0 unspecified atom stereocenters. The second kappa shape index (κ2) is 9.49. The first-order valence-corrected chi connectivity index (χ1v) is 5.41. The minimum atomic E-state index is -2.78. The summed E-state index contributed by atoms with van der Waals surface area (Å²) in [5, 5.41) is 0. The maximum absolute atomic E-state index is 10.9. The summed E-state index contributed by atoms with van der Waals surface area (Å²) in [6.45, 7) is 9.24. The largest absolute Gasteiger partial charge is 0.544 e. The van der Waals surface area contributed by atoms with Gasteiger partial charge in [-0.25, -0.2) is 14.4 Å². The number of rotatable bonds is 6. The van der Waals surface area contributed by atoms with Gasteiger partial charge in [-0.2, -0.15) is 0 Å². The molecule has 104 valence electrons. The molecule has 0 amide bonds. The second-order valence-electron chi connectivity index (χ2n) is 2.10. The van der Waals surface area contributed by atoms with E-state index in [1.165, 1.54) is 0 Å². The molecule has 0 aliphatic rings. The quantitative estimate of drug-likeness (QED) is 0.316. The number of ether oxygens (including phenoxy) is 3. The molecule has 0 atom stereocenters. The molecule has 0 aromatic heterocycles. The van der Waals surface area contributed by atoms with Crippen LogP contribution in [-0.4, -0.2) is 18.5 Å². The Bertz CT molecular complexity index is 321. The van der Waals surface area contributed by atoms with Crippen molar-refractivity contribution in [1.82, 2.24) is 0 Å². The summed E-state index contributed by atoms with van der Waals surface area (Å²) in [4.78, 5) is 32.8. The molecule has 0 fully saturated rings. The van der Waals surface area contributed by atoms with Crippen LogP contribution in [0.5, 0.6) is 0 Å². The Kier molecular flexibility index (Phi) is 8.22. The molecule has 9 nitrogen and oxygen atoms in total. The molecule has 0 saturated carbocycles. The number of hydrogen-bond donors (Lipinski definition) is 0. The molecular formula is C9H9O9P. The third kappa shape index (κ3) is 8.22. The van der Waals surface area contributed by atoms with Crippen LogP contribution in [0, 0.1) is 0 Å². The summed E-state index contributed by atoms with van der Waals surface area (Å²) in [5.74, 6) is 0. The number of carbonyl (C=O) groups is 3. The fraction of sp³-hybridized carbons (Fsp3) is 0. The smallest absolute Gasteiger partial charge is 0.403 e. The Morgan fingerprint density at radius 3 is 1.16 bits per heavy atom. The van der Waals surface area contributed by atoms with Crippen molar-refractivity contribution in [1.29, 1.82) is 0 Å². The van der Waals surface area contributed by atoms with Crippen LogP contribution in [0.1, 0.15) is 0 Å². The van der Waals surface area contributed by atoms with Crippen LogP contribution in [0.25, 0.3) is 0 Å². The van der Waals surface area contributed by atoms with Gasteiger partial charge in [0.05, 0.1) is 18.8 Å². The highest BCUT2D eigenvalue weighted by Gasteiger charge is 2.29. The van der Waals surface area contributed by atoms with E-state index in [1.54, 1.807) is 0 Å². The number of hydrogen-bond acceptors (Lipinski definition) is 9. The zero-order valence-electron chi connectivity index (χ0n) is 9.47. The molecule has 0 aliphatic heterocycles. The Labute approximate surface area is 109 Å². The first kappa shape index (κ1) is 16.5. The molecule has 0 spiro atoms. The van der Waals surface area contributed by atoms with E-state index in [0.29, 0.717) is 0 Å². The average Bonchev–Trinajstić information content (AvgIpc) is 2.29. The van der Waals surface area contributed by atoms with Crippen LogP contribution < -0.4 is 0 Å². The van der Waals surface area contributed by atoms with E-state index in [-0.39, 0.29) is 0 Å². The summed E-state index contributed by atoms with van der Waals surface area (Å²) in [6.07, 6.45) is -1.71. The molecule has 0 saturated heterocycles. The van der Waals surface area contributed by atoms with Gasteiger partial charge in [0.15, 0.2) is 0 Å². The van der Waals surface area contributed by atoms with Crippen LogP contribution in [0.15, 0.2) is 38.5 Å². The molecule has 0 aliphatic carbocycles. The first-order valence-electron chi connectivity index (χ1n) is 4.32. The van der Waals surface area contributed by atoms with E-state index >= 15 is 0 Å². The van der Waals surface area contributed by atoms with Crippen molar-refractivity contribution < 1.29 is 42.2 Å². The molecule has 0 aromatic rings. The standard InChI is InChI=1S/C9H9O9P/c1-4-13-7(10)16-19(17-8(11)14-5-2)18-9(12)15-6-3/h4-6H,1-3H2. The topological polar surface area (TPSA) is 107 Å². The summed E-state index contributed by atoms with van der Waals surface area (Å²) in [6, 6.07) is 0. The van der Waals surface area contributed by atoms with Crippen LogP contribution >= 0.6 is 8.60 Å². The monoisotopic (exact) mass is 292 g/mol. The summed E-state index contributed by atoms with van der Waals surface area (Å²) in [5.41, 5.74) is 0. The lowest BCUT2D eigenvalue weighted by Gasteiger charge is -2.11. The summed E-state index contributed by atoms with van der Waals surface area (Å²) in [7, 11) is -2.78. The lowest BCUT2D eigenvalue weighted by Crippen LogP contribution is -2.10. The summed E-state index contributed by atoms with van der Waals surface area (Å²) >= 11 is 0. The normalized spacial score (nSPS) is 8.68. The molecule has 0 radical (unpaired) electrons. The maximum Gasteiger partial charge on any atom is 0.544 e. The van der Waals surface area contributed by atoms with E-state index in [9.17, 15) is 14.4 Å². The lowest BCUT2D eigenvalue weighted by molar-refractivity contribution is 0.0938. The van der Waals surface area contributed by atoms with Crippen molar-refractivity contribution in [2.24, 2.45) is 0 Å². The minimum absolute atomic E-state index is 0.750. The van der Waals surface area contributed by atoms with Gasteiger partial charge in [-0.05, 0) is 0 Å². The predicted molar refractivity (Wildman–Crippen MR) is 60.2 cm³/mol. The zero-order chi connectivity index (χ0) is 14.7. The molecular weight excluding hydrogens is 283 g/mol. The van der Waals surface area contributed by atoms with E-state index < -0.39 is 27.1 Å². The lowest BCUT2D eigenvalue weighted by atomic mass is 11.1. The first-order chi connectivity index (χ1) is 9.03. The van der Waals surface area contributed by atoms with E-state index in [0.717, 1.165) is 18.8 Å². The van der Waals surface area contributed by atoms with Crippen molar-refractivity contribution in [3.8, 4) is 0 Å². The van der Waals surface area contributed by atoms with Gasteiger partial charge >= 0.3 is 27.1 Å². The van der Waals surface area contributed by atoms with Gasteiger partial charge in [-0.15, -0.1) is 0 Å². The van der Waals surface area contributed by atoms with Gasteiger partial charge in [-0.3, -0.25) is 0 Å². The molecule has 0 aromatic carbocycles. The third-order valence-corrected chi connectivity index (χ3v) is 1.88. The van der Waals surface area contributed by atoms with Crippen LogP contribution in [0.4, 0.5) is 14.4 Å².